The maximum Gasteiger partial charge on any atom is 0.244 e. The van der Waals surface area contributed by atoms with Crippen molar-refractivity contribution in [1.29, 1.82) is 5.26 Å². The van der Waals surface area contributed by atoms with Gasteiger partial charge in [0.25, 0.3) is 0 Å². The average molecular weight is 348 g/mol. The first-order chi connectivity index (χ1) is 12.7. The second-order valence-corrected chi connectivity index (χ2v) is 6.59. The summed E-state index contributed by atoms with van der Waals surface area (Å²) >= 11 is 0. The molecule has 132 valence electrons. The lowest BCUT2D eigenvalue weighted by molar-refractivity contribution is 0.107. The molecule has 0 amide bonds. The van der Waals surface area contributed by atoms with Gasteiger partial charge in [-0.1, -0.05) is 23.7 Å². The molecule has 0 aliphatic carbocycles. The number of nitriles is 1. The molecule has 1 aliphatic heterocycles. The van der Waals surface area contributed by atoms with Gasteiger partial charge in [0.05, 0.1) is 24.2 Å². The number of rotatable bonds is 4. The Bertz CT molecular complexity index is 937. The normalized spacial score (nSPS) is 17.9. The number of likely N-dealkylation sites (tertiary alicyclic amines) is 1. The number of hydrogen-bond acceptors (Lipinski definition) is 6. The second kappa shape index (κ2) is 7.10. The summed E-state index contributed by atoms with van der Waals surface area (Å²) in [4.78, 5) is 11.4. The molecule has 26 heavy (non-hydrogen) atoms. The van der Waals surface area contributed by atoms with E-state index in [-0.39, 0.29) is 6.04 Å². The molecule has 3 aromatic rings. The van der Waals surface area contributed by atoms with Crippen LogP contribution >= 0.6 is 0 Å². The van der Waals surface area contributed by atoms with Crippen LogP contribution in [-0.2, 0) is 13.6 Å². The van der Waals surface area contributed by atoms with Crippen molar-refractivity contribution in [3.8, 4) is 17.5 Å². The van der Waals surface area contributed by atoms with Crippen LogP contribution in [-0.4, -0.2) is 31.1 Å². The topological polar surface area (TPSA) is 83.8 Å². The summed E-state index contributed by atoms with van der Waals surface area (Å²) in [5.74, 6) is 2.19. The summed E-state index contributed by atoms with van der Waals surface area (Å²) < 4.78 is 7.64. The third-order valence-corrected chi connectivity index (χ3v) is 4.86. The van der Waals surface area contributed by atoms with E-state index in [4.69, 9.17) is 9.78 Å². The van der Waals surface area contributed by atoms with Crippen molar-refractivity contribution in [2.24, 2.45) is 7.05 Å². The summed E-state index contributed by atoms with van der Waals surface area (Å²) in [6, 6.07) is 9.50. The van der Waals surface area contributed by atoms with E-state index in [1.807, 2.05) is 36.1 Å². The van der Waals surface area contributed by atoms with Crippen LogP contribution in [0.2, 0.25) is 0 Å². The molecule has 2 aromatic heterocycles. The molecule has 0 bridgehead atoms. The maximum atomic E-state index is 9.07. The van der Waals surface area contributed by atoms with Crippen LogP contribution in [0.4, 0.5) is 0 Å². The Balaban J connectivity index is 1.58. The zero-order valence-corrected chi connectivity index (χ0v) is 14.7. The van der Waals surface area contributed by atoms with E-state index >= 15 is 0 Å². The van der Waals surface area contributed by atoms with Gasteiger partial charge in [0.15, 0.2) is 0 Å². The van der Waals surface area contributed by atoms with E-state index in [2.05, 4.69) is 26.1 Å². The molecule has 1 unspecified atom stereocenters. The molecule has 0 spiro atoms. The second-order valence-electron chi connectivity index (χ2n) is 6.59. The summed E-state index contributed by atoms with van der Waals surface area (Å²) in [6.45, 7) is 1.74. The van der Waals surface area contributed by atoms with Crippen molar-refractivity contribution in [2.75, 3.05) is 6.54 Å². The first-order valence-electron chi connectivity index (χ1n) is 8.79. The summed E-state index contributed by atoms with van der Waals surface area (Å²) in [6.07, 6.45) is 7.07. The third-order valence-electron chi connectivity index (χ3n) is 4.86. The molecule has 1 fully saturated rings. The van der Waals surface area contributed by atoms with Gasteiger partial charge in [-0.25, -0.2) is 4.98 Å². The van der Waals surface area contributed by atoms with Gasteiger partial charge in [-0.15, -0.1) is 0 Å². The van der Waals surface area contributed by atoms with E-state index in [0.717, 1.165) is 43.7 Å². The standard InChI is InChI=1S/C19H20N6O/c1-24-10-8-21-17(24)13-25-9-3-2-7-16(25)19-22-18(23-26-19)15-6-4-5-14(11-15)12-20/h4-6,8,10-11,16H,2-3,7,9,13H2,1H3. The van der Waals surface area contributed by atoms with Crippen LogP contribution in [0.1, 0.15) is 42.6 Å². The molecule has 1 aromatic carbocycles. The average Bonchev–Trinajstić information content (AvgIpc) is 3.32. The lowest BCUT2D eigenvalue weighted by atomic mass is 10.0. The van der Waals surface area contributed by atoms with Gasteiger partial charge >= 0.3 is 0 Å². The molecule has 1 saturated heterocycles. The quantitative estimate of drug-likeness (QED) is 0.720. The number of benzene rings is 1. The van der Waals surface area contributed by atoms with E-state index < -0.39 is 0 Å². The van der Waals surface area contributed by atoms with E-state index in [1.165, 1.54) is 0 Å². The van der Waals surface area contributed by atoms with Crippen LogP contribution in [0.15, 0.2) is 41.2 Å². The predicted molar refractivity (Wildman–Crippen MR) is 94.7 cm³/mol. The van der Waals surface area contributed by atoms with Crippen LogP contribution in [0.25, 0.3) is 11.4 Å². The highest BCUT2D eigenvalue weighted by molar-refractivity contribution is 5.57. The van der Waals surface area contributed by atoms with Gasteiger partial charge in [-0.3, -0.25) is 4.90 Å². The number of piperidine rings is 1. The van der Waals surface area contributed by atoms with Gasteiger partial charge in [-0.05, 0) is 31.5 Å². The van der Waals surface area contributed by atoms with Crippen LogP contribution in [0, 0.1) is 11.3 Å². The zero-order valence-electron chi connectivity index (χ0n) is 14.7. The molecule has 0 N–H and O–H groups in total. The summed E-state index contributed by atoms with van der Waals surface area (Å²) in [5, 5.41) is 13.2. The Morgan fingerprint density at radius 2 is 2.27 bits per heavy atom. The number of hydrogen-bond donors (Lipinski definition) is 0. The van der Waals surface area contributed by atoms with Crippen molar-refractivity contribution in [1.82, 2.24) is 24.6 Å². The Labute approximate surface area is 151 Å². The van der Waals surface area contributed by atoms with Crippen LogP contribution < -0.4 is 0 Å². The number of aryl methyl sites for hydroxylation is 1. The van der Waals surface area contributed by atoms with Gasteiger partial charge in [0, 0.05) is 25.0 Å². The minimum Gasteiger partial charge on any atom is -0.337 e. The van der Waals surface area contributed by atoms with Crippen LogP contribution in [0.3, 0.4) is 0 Å². The van der Waals surface area contributed by atoms with E-state index in [1.54, 1.807) is 12.1 Å². The highest BCUT2D eigenvalue weighted by Crippen LogP contribution is 2.32. The molecular formula is C19H20N6O. The molecule has 0 radical (unpaired) electrons. The molecule has 4 rings (SSSR count). The van der Waals surface area contributed by atoms with Crippen LogP contribution in [0.5, 0.6) is 0 Å². The fourth-order valence-electron chi connectivity index (χ4n) is 3.41. The van der Waals surface area contributed by atoms with Crippen molar-refractivity contribution in [3.05, 3.63) is 53.9 Å². The molecular weight excluding hydrogens is 328 g/mol. The lowest BCUT2D eigenvalue weighted by Gasteiger charge is -2.32. The van der Waals surface area contributed by atoms with Crippen molar-refractivity contribution >= 4 is 0 Å². The van der Waals surface area contributed by atoms with Gasteiger partial charge < -0.3 is 9.09 Å². The Morgan fingerprint density at radius 3 is 3.08 bits per heavy atom. The Kier molecular flexibility index (Phi) is 4.50. The summed E-state index contributed by atoms with van der Waals surface area (Å²) in [7, 11) is 2.01. The Morgan fingerprint density at radius 1 is 1.35 bits per heavy atom. The first-order valence-corrected chi connectivity index (χ1v) is 8.79. The zero-order chi connectivity index (χ0) is 17.9. The number of aromatic nitrogens is 4. The summed E-state index contributed by atoms with van der Waals surface area (Å²) in [5.41, 5.74) is 1.38. The molecule has 1 aliphatic rings. The SMILES string of the molecule is Cn1ccnc1CN1CCCCC1c1nc(-c2cccc(C#N)c2)no1. The minimum absolute atomic E-state index is 0.0980. The number of nitrogens with zero attached hydrogens (tertiary/aromatic N) is 6. The first kappa shape index (κ1) is 16.5. The Hall–Kier alpha value is -2.98. The van der Waals surface area contributed by atoms with Crippen molar-refractivity contribution in [2.45, 2.75) is 31.8 Å². The molecule has 0 saturated carbocycles. The number of imidazole rings is 1. The molecule has 7 nitrogen and oxygen atoms in total. The molecule has 3 heterocycles. The van der Waals surface area contributed by atoms with Gasteiger partial charge in [0.1, 0.15) is 5.82 Å². The molecule has 7 heteroatoms. The third kappa shape index (κ3) is 3.24. The maximum absolute atomic E-state index is 9.07. The highest BCUT2D eigenvalue weighted by Gasteiger charge is 2.29. The molecule has 1 atom stereocenters. The fraction of sp³-hybridized carbons (Fsp3) is 0.368. The largest absolute Gasteiger partial charge is 0.337 e. The van der Waals surface area contributed by atoms with Crippen molar-refractivity contribution in [3.63, 3.8) is 0 Å². The smallest absolute Gasteiger partial charge is 0.244 e. The predicted octanol–water partition coefficient (Wildman–Crippen LogP) is 3.07. The fourth-order valence-corrected chi connectivity index (χ4v) is 3.41. The lowest BCUT2D eigenvalue weighted by Crippen LogP contribution is -2.34. The van der Waals surface area contributed by atoms with E-state index in [0.29, 0.717) is 17.3 Å². The van der Waals surface area contributed by atoms with Crippen molar-refractivity contribution < 1.29 is 4.52 Å². The monoisotopic (exact) mass is 348 g/mol. The highest BCUT2D eigenvalue weighted by atomic mass is 16.5. The minimum atomic E-state index is 0.0980. The van der Waals surface area contributed by atoms with Gasteiger partial charge in [-0.2, -0.15) is 10.2 Å². The van der Waals surface area contributed by atoms with E-state index in [9.17, 15) is 0 Å². The van der Waals surface area contributed by atoms with Gasteiger partial charge in [0.2, 0.25) is 11.7 Å².